The molecule has 0 fully saturated rings. The monoisotopic (exact) mass is 403 g/mol. The van der Waals surface area contributed by atoms with E-state index in [-0.39, 0.29) is 16.7 Å². The largest absolute Gasteiger partial charge is 0.374 e. The predicted molar refractivity (Wildman–Crippen MR) is 114 cm³/mol. The van der Waals surface area contributed by atoms with Crippen LogP contribution in [0.3, 0.4) is 0 Å². The van der Waals surface area contributed by atoms with Crippen LogP contribution in [-0.4, -0.2) is 48.5 Å². The maximum absolute atomic E-state index is 10.8. The second-order valence-electron chi connectivity index (χ2n) is 8.41. The van der Waals surface area contributed by atoms with E-state index in [1.54, 1.807) is 0 Å². The minimum Gasteiger partial charge on any atom is -0.374 e. The van der Waals surface area contributed by atoms with Crippen LogP contribution in [0, 0.1) is 0 Å². The Balaban J connectivity index is 1.67. The van der Waals surface area contributed by atoms with Crippen molar-refractivity contribution in [2.24, 2.45) is 5.10 Å². The number of fused-ring (bicyclic) bond motifs is 1. The minimum atomic E-state index is -3.89. The van der Waals surface area contributed by atoms with Gasteiger partial charge in [0.05, 0.1) is 23.2 Å². The molecule has 0 aliphatic carbocycles. The summed E-state index contributed by atoms with van der Waals surface area (Å²) in [6.07, 6.45) is 8.26. The Bertz CT molecular complexity index is 930. The highest BCUT2D eigenvalue weighted by Gasteiger charge is 2.50. The van der Waals surface area contributed by atoms with Gasteiger partial charge < -0.3 is 4.90 Å². The summed E-state index contributed by atoms with van der Waals surface area (Å²) >= 11 is 0. The standard InChI is InChI=1S/C21H29N3O3S/c1-20(2)18-8-5-6-9-19(18)24(21(20,3)4)22-16-17-10-13-23(14-11-17)12-7-15-28(25,26)27/h5-6,8-11,13,16H,7,12,14-15H2,1-4H3,(H,25,26,27). The number of hydrazone groups is 1. The molecule has 0 aromatic heterocycles. The van der Waals surface area contributed by atoms with Crippen LogP contribution in [-0.2, 0) is 15.5 Å². The molecule has 1 aromatic rings. The van der Waals surface area contributed by atoms with Crippen LogP contribution >= 0.6 is 0 Å². The second-order valence-corrected chi connectivity index (χ2v) is 9.98. The van der Waals surface area contributed by atoms with Crippen molar-refractivity contribution in [2.75, 3.05) is 23.9 Å². The van der Waals surface area contributed by atoms with E-state index in [1.165, 1.54) is 5.56 Å². The van der Waals surface area contributed by atoms with Gasteiger partial charge in [0.15, 0.2) is 0 Å². The number of hydrogen-bond donors (Lipinski definition) is 1. The smallest absolute Gasteiger partial charge is 0.264 e. The van der Waals surface area contributed by atoms with Crippen LogP contribution in [0.25, 0.3) is 0 Å². The molecule has 0 spiro atoms. The molecule has 0 atom stereocenters. The second kappa shape index (κ2) is 7.37. The summed E-state index contributed by atoms with van der Waals surface area (Å²) in [6.45, 7) is 10.2. The van der Waals surface area contributed by atoms with Crippen LogP contribution < -0.4 is 5.01 Å². The summed E-state index contributed by atoms with van der Waals surface area (Å²) in [5.41, 5.74) is 3.27. The zero-order valence-electron chi connectivity index (χ0n) is 17.0. The molecule has 1 N–H and O–H groups in total. The summed E-state index contributed by atoms with van der Waals surface area (Å²) in [7, 11) is -3.89. The molecule has 1 aromatic carbocycles. The van der Waals surface area contributed by atoms with Gasteiger partial charge in [-0.3, -0.25) is 9.56 Å². The van der Waals surface area contributed by atoms with Crippen molar-refractivity contribution in [3.63, 3.8) is 0 Å². The number of rotatable bonds is 6. The first-order chi connectivity index (χ1) is 13.0. The fourth-order valence-electron chi connectivity index (χ4n) is 3.67. The molecule has 0 saturated heterocycles. The average molecular weight is 404 g/mol. The Morgan fingerprint density at radius 1 is 1.21 bits per heavy atom. The quantitative estimate of drug-likeness (QED) is 0.580. The van der Waals surface area contributed by atoms with Crippen molar-refractivity contribution in [1.82, 2.24) is 4.90 Å². The van der Waals surface area contributed by atoms with Crippen molar-refractivity contribution in [1.29, 1.82) is 0 Å². The number of benzene rings is 1. The van der Waals surface area contributed by atoms with Gasteiger partial charge in [0.1, 0.15) is 0 Å². The predicted octanol–water partition coefficient (Wildman–Crippen LogP) is 3.58. The average Bonchev–Trinajstić information content (AvgIpc) is 2.76. The van der Waals surface area contributed by atoms with Gasteiger partial charge in [-0.15, -0.1) is 0 Å². The van der Waals surface area contributed by atoms with Crippen LogP contribution in [0.15, 0.2) is 53.3 Å². The van der Waals surface area contributed by atoms with Crippen LogP contribution in [0.1, 0.15) is 39.7 Å². The van der Waals surface area contributed by atoms with Gasteiger partial charge in [0.25, 0.3) is 10.1 Å². The molecule has 6 nitrogen and oxygen atoms in total. The minimum absolute atomic E-state index is 0.0262. The van der Waals surface area contributed by atoms with E-state index >= 15 is 0 Å². The first-order valence-corrected chi connectivity index (χ1v) is 11.1. The number of allylic oxidation sites excluding steroid dienone is 2. The molecule has 152 valence electrons. The van der Waals surface area contributed by atoms with Crippen LogP contribution in [0.4, 0.5) is 5.69 Å². The molecule has 28 heavy (non-hydrogen) atoms. The third-order valence-corrected chi connectivity index (χ3v) is 6.88. The molecule has 2 aliphatic heterocycles. The normalized spacial score (nSPS) is 20.5. The van der Waals surface area contributed by atoms with E-state index in [1.807, 2.05) is 29.5 Å². The Labute approximate surface area is 168 Å². The number of anilines is 1. The first-order valence-electron chi connectivity index (χ1n) is 9.54. The van der Waals surface area contributed by atoms with E-state index in [4.69, 9.17) is 9.65 Å². The lowest BCUT2D eigenvalue weighted by atomic mass is 9.73. The lowest BCUT2D eigenvalue weighted by Crippen LogP contribution is -2.48. The lowest BCUT2D eigenvalue weighted by Gasteiger charge is -2.39. The van der Waals surface area contributed by atoms with Crippen molar-refractivity contribution >= 4 is 22.0 Å². The molecule has 0 amide bonds. The molecule has 0 radical (unpaired) electrons. The number of para-hydroxylation sites is 1. The van der Waals surface area contributed by atoms with Gasteiger partial charge in [-0.1, -0.05) is 38.1 Å². The SMILES string of the molecule is CC1(C)c2ccccc2N(N=CC2=CCN(CCCS(=O)(=O)O)C=C2)C1(C)C. The molecule has 0 bridgehead atoms. The van der Waals surface area contributed by atoms with E-state index in [2.05, 4.69) is 57.0 Å². The topological polar surface area (TPSA) is 73.2 Å². The third-order valence-electron chi connectivity index (χ3n) is 6.07. The van der Waals surface area contributed by atoms with E-state index < -0.39 is 10.1 Å². The Morgan fingerprint density at radius 3 is 2.57 bits per heavy atom. The Hall–Kier alpha value is -2.12. The third kappa shape index (κ3) is 4.00. The number of hydrogen-bond acceptors (Lipinski definition) is 5. The highest BCUT2D eigenvalue weighted by Crippen LogP contribution is 2.51. The Kier molecular flexibility index (Phi) is 5.42. The van der Waals surface area contributed by atoms with Crippen molar-refractivity contribution in [2.45, 2.75) is 45.1 Å². The van der Waals surface area contributed by atoms with Crippen molar-refractivity contribution < 1.29 is 13.0 Å². The van der Waals surface area contributed by atoms with Gasteiger partial charge >= 0.3 is 0 Å². The van der Waals surface area contributed by atoms with E-state index in [9.17, 15) is 8.42 Å². The molecule has 0 unspecified atom stereocenters. The van der Waals surface area contributed by atoms with Gasteiger partial charge in [0.2, 0.25) is 0 Å². The summed E-state index contributed by atoms with van der Waals surface area (Å²) < 4.78 is 30.4. The fourth-order valence-corrected chi connectivity index (χ4v) is 4.16. The molecule has 2 heterocycles. The number of nitrogens with zero attached hydrogens (tertiary/aromatic N) is 3. The van der Waals surface area contributed by atoms with E-state index in [0.29, 0.717) is 19.5 Å². The molecule has 7 heteroatoms. The molecule has 0 saturated carbocycles. The maximum atomic E-state index is 10.8. The van der Waals surface area contributed by atoms with Gasteiger partial charge in [-0.25, -0.2) is 0 Å². The lowest BCUT2D eigenvalue weighted by molar-refractivity contribution is 0.314. The summed E-state index contributed by atoms with van der Waals surface area (Å²) in [5.74, 6) is -0.214. The highest BCUT2D eigenvalue weighted by atomic mass is 32.2. The Morgan fingerprint density at radius 2 is 1.93 bits per heavy atom. The maximum Gasteiger partial charge on any atom is 0.264 e. The molecule has 3 rings (SSSR count). The first kappa shape index (κ1) is 20.6. The summed E-state index contributed by atoms with van der Waals surface area (Å²) in [5, 5.41) is 6.92. The highest BCUT2D eigenvalue weighted by molar-refractivity contribution is 7.85. The zero-order chi connectivity index (χ0) is 20.6. The van der Waals surface area contributed by atoms with E-state index in [0.717, 1.165) is 11.3 Å². The molecular formula is C21H29N3O3S. The van der Waals surface area contributed by atoms with Gasteiger partial charge in [-0.2, -0.15) is 13.5 Å². The molecular weight excluding hydrogens is 374 g/mol. The van der Waals surface area contributed by atoms with Crippen LogP contribution in [0.2, 0.25) is 0 Å². The van der Waals surface area contributed by atoms with Crippen molar-refractivity contribution in [3.8, 4) is 0 Å². The van der Waals surface area contributed by atoms with Gasteiger partial charge in [0, 0.05) is 18.5 Å². The summed E-state index contributed by atoms with van der Waals surface area (Å²) in [4.78, 5) is 2.01. The van der Waals surface area contributed by atoms with Gasteiger partial charge in [-0.05, 0) is 49.7 Å². The van der Waals surface area contributed by atoms with Crippen molar-refractivity contribution in [3.05, 3.63) is 53.8 Å². The zero-order valence-corrected chi connectivity index (χ0v) is 17.8. The summed E-state index contributed by atoms with van der Waals surface area (Å²) in [6, 6.07) is 8.41. The van der Waals surface area contributed by atoms with Crippen LogP contribution in [0.5, 0.6) is 0 Å². The molecule has 2 aliphatic rings. The fraction of sp³-hybridized carbons (Fsp3) is 0.476.